The SMILES string of the molecule is CC(C)(C)c1nc(CNc2ccc(Br)cc2Br)cs1. The lowest BCUT2D eigenvalue weighted by Gasteiger charge is -2.13. The van der Waals surface area contributed by atoms with Crippen molar-refractivity contribution in [2.45, 2.75) is 32.7 Å². The molecule has 0 aliphatic heterocycles. The van der Waals surface area contributed by atoms with Crippen LogP contribution < -0.4 is 5.32 Å². The average Bonchev–Trinajstić information content (AvgIpc) is 2.76. The minimum absolute atomic E-state index is 0.126. The quantitative estimate of drug-likeness (QED) is 0.723. The Labute approximate surface area is 134 Å². The predicted molar refractivity (Wildman–Crippen MR) is 90.0 cm³/mol. The number of halogens is 2. The topological polar surface area (TPSA) is 24.9 Å². The van der Waals surface area contributed by atoms with Crippen molar-refractivity contribution in [2.75, 3.05) is 5.32 Å². The molecule has 1 aromatic carbocycles. The van der Waals surface area contributed by atoms with E-state index in [9.17, 15) is 0 Å². The first-order valence-electron chi connectivity index (χ1n) is 6.00. The van der Waals surface area contributed by atoms with Crippen LogP contribution in [0, 0.1) is 0 Å². The van der Waals surface area contributed by atoms with Crippen LogP contribution in [-0.2, 0) is 12.0 Å². The Morgan fingerprint density at radius 1 is 1.26 bits per heavy atom. The fourth-order valence-electron chi connectivity index (χ4n) is 1.55. The summed E-state index contributed by atoms with van der Waals surface area (Å²) in [6.07, 6.45) is 0. The van der Waals surface area contributed by atoms with Crippen LogP contribution in [-0.4, -0.2) is 4.98 Å². The predicted octanol–water partition coefficient (Wildman–Crippen LogP) is 5.58. The van der Waals surface area contributed by atoms with Crippen LogP contribution in [0.5, 0.6) is 0 Å². The second-order valence-electron chi connectivity index (χ2n) is 5.37. The van der Waals surface area contributed by atoms with Crippen LogP contribution >= 0.6 is 43.2 Å². The van der Waals surface area contributed by atoms with E-state index in [2.05, 4.69) is 68.3 Å². The molecule has 2 aromatic rings. The van der Waals surface area contributed by atoms with Gasteiger partial charge in [0.1, 0.15) is 0 Å². The van der Waals surface area contributed by atoms with E-state index in [0.29, 0.717) is 0 Å². The first-order chi connectivity index (χ1) is 8.86. The van der Waals surface area contributed by atoms with Crippen molar-refractivity contribution in [3.63, 3.8) is 0 Å². The highest BCUT2D eigenvalue weighted by molar-refractivity contribution is 9.11. The molecule has 0 saturated heterocycles. The van der Waals surface area contributed by atoms with Gasteiger partial charge in [0, 0.05) is 25.4 Å². The summed E-state index contributed by atoms with van der Waals surface area (Å²) in [6, 6.07) is 6.10. The zero-order valence-electron chi connectivity index (χ0n) is 11.1. The van der Waals surface area contributed by atoms with Gasteiger partial charge in [0.05, 0.1) is 17.2 Å². The standard InChI is InChI=1S/C14H16Br2N2S/c1-14(2,3)13-18-10(8-19-13)7-17-12-5-4-9(15)6-11(12)16/h4-6,8,17H,7H2,1-3H3. The van der Waals surface area contributed by atoms with Gasteiger partial charge in [0.25, 0.3) is 0 Å². The molecular formula is C14H16Br2N2S. The molecule has 0 radical (unpaired) electrons. The van der Waals surface area contributed by atoms with Crippen LogP contribution in [0.4, 0.5) is 5.69 Å². The van der Waals surface area contributed by atoms with Gasteiger partial charge < -0.3 is 5.32 Å². The molecule has 0 bridgehead atoms. The van der Waals surface area contributed by atoms with Crippen molar-refractivity contribution >= 4 is 48.9 Å². The molecule has 0 atom stereocenters. The summed E-state index contributed by atoms with van der Waals surface area (Å²) in [7, 11) is 0. The van der Waals surface area contributed by atoms with Gasteiger partial charge in [-0.2, -0.15) is 0 Å². The number of hydrogen-bond donors (Lipinski definition) is 1. The lowest BCUT2D eigenvalue weighted by molar-refractivity contribution is 0.583. The average molecular weight is 404 g/mol. The van der Waals surface area contributed by atoms with Crippen molar-refractivity contribution in [2.24, 2.45) is 0 Å². The van der Waals surface area contributed by atoms with Crippen molar-refractivity contribution in [3.8, 4) is 0 Å². The van der Waals surface area contributed by atoms with Gasteiger partial charge in [-0.1, -0.05) is 36.7 Å². The Morgan fingerprint density at radius 2 is 2.00 bits per heavy atom. The summed E-state index contributed by atoms with van der Waals surface area (Å²) in [4.78, 5) is 4.68. The molecule has 19 heavy (non-hydrogen) atoms. The van der Waals surface area contributed by atoms with Gasteiger partial charge in [-0.05, 0) is 34.1 Å². The number of thiazole rings is 1. The van der Waals surface area contributed by atoms with E-state index in [4.69, 9.17) is 0 Å². The van der Waals surface area contributed by atoms with Gasteiger partial charge in [-0.15, -0.1) is 11.3 Å². The molecule has 0 unspecified atom stereocenters. The van der Waals surface area contributed by atoms with Gasteiger partial charge in [0.15, 0.2) is 0 Å². The Balaban J connectivity index is 2.04. The van der Waals surface area contributed by atoms with E-state index in [1.807, 2.05) is 18.2 Å². The zero-order valence-corrected chi connectivity index (χ0v) is 15.1. The van der Waals surface area contributed by atoms with Gasteiger partial charge >= 0.3 is 0 Å². The molecule has 1 aromatic heterocycles. The second kappa shape index (κ2) is 5.94. The second-order valence-corrected chi connectivity index (χ2v) is 8.00. The molecule has 1 heterocycles. The van der Waals surface area contributed by atoms with E-state index >= 15 is 0 Å². The number of hydrogen-bond acceptors (Lipinski definition) is 3. The Kier molecular flexibility index (Phi) is 4.69. The maximum absolute atomic E-state index is 4.68. The maximum Gasteiger partial charge on any atom is 0.0982 e. The summed E-state index contributed by atoms with van der Waals surface area (Å²) in [6.45, 7) is 7.31. The lowest BCUT2D eigenvalue weighted by atomic mass is 9.98. The van der Waals surface area contributed by atoms with Crippen molar-refractivity contribution in [1.29, 1.82) is 0 Å². The molecule has 0 aliphatic rings. The summed E-state index contributed by atoms with van der Waals surface area (Å²) in [5.41, 5.74) is 2.29. The minimum Gasteiger partial charge on any atom is -0.378 e. The number of rotatable bonds is 3. The van der Waals surface area contributed by atoms with Crippen molar-refractivity contribution < 1.29 is 0 Å². The number of nitrogens with one attached hydrogen (secondary N) is 1. The van der Waals surface area contributed by atoms with Gasteiger partial charge in [-0.25, -0.2) is 4.98 Å². The number of anilines is 1. The van der Waals surface area contributed by atoms with E-state index in [-0.39, 0.29) is 5.41 Å². The molecule has 5 heteroatoms. The fraction of sp³-hybridized carbons (Fsp3) is 0.357. The highest BCUT2D eigenvalue weighted by Gasteiger charge is 2.17. The minimum atomic E-state index is 0.126. The first kappa shape index (κ1) is 15.0. The van der Waals surface area contributed by atoms with Crippen LogP contribution in [0.3, 0.4) is 0 Å². The van der Waals surface area contributed by atoms with Crippen LogP contribution in [0.1, 0.15) is 31.5 Å². The summed E-state index contributed by atoms with van der Waals surface area (Å²) < 4.78 is 2.11. The summed E-state index contributed by atoms with van der Waals surface area (Å²) in [5.74, 6) is 0. The molecule has 102 valence electrons. The zero-order chi connectivity index (χ0) is 14.0. The van der Waals surface area contributed by atoms with Crippen molar-refractivity contribution in [3.05, 3.63) is 43.2 Å². The molecule has 0 amide bonds. The molecule has 2 rings (SSSR count). The smallest absolute Gasteiger partial charge is 0.0982 e. The van der Waals surface area contributed by atoms with Gasteiger partial charge in [0.2, 0.25) is 0 Å². The molecule has 0 aliphatic carbocycles. The normalized spacial score (nSPS) is 11.6. The highest BCUT2D eigenvalue weighted by Crippen LogP contribution is 2.28. The summed E-state index contributed by atoms with van der Waals surface area (Å²) >= 11 is 8.72. The Morgan fingerprint density at radius 3 is 2.58 bits per heavy atom. The van der Waals surface area contributed by atoms with Crippen LogP contribution in [0.25, 0.3) is 0 Å². The Bertz CT molecular complexity index is 573. The molecule has 2 nitrogen and oxygen atoms in total. The summed E-state index contributed by atoms with van der Waals surface area (Å²) in [5, 5.41) is 6.70. The van der Waals surface area contributed by atoms with Crippen LogP contribution in [0.2, 0.25) is 0 Å². The first-order valence-corrected chi connectivity index (χ1v) is 8.46. The molecule has 0 fully saturated rings. The maximum atomic E-state index is 4.68. The fourth-order valence-corrected chi connectivity index (χ4v) is 3.65. The van der Waals surface area contributed by atoms with E-state index in [1.165, 1.54) is 5.01 Å². The number of benzene rings is 1. The largest absolute Gasteiger partial charge is 0.378 e. The lowest BCUT2D eigenvalue weighted by Crippen LogP contribution is -2.11. The highest BCUT2D eigenvalue weighted by atomic mass is 79.9. The van der Waals surface area contributed by atoms with Gasteiger partial charge in [-0.3, -0.25) is 0 Å². The molecule has 1 N–H and O–H groups in total. The third-order valence-corrected chi connectivity index (χ3v) is 5.05. The molecular weight excluding hydrogens is 388 g/mol. The third-order valence-electron chi connectivity index (χ3n) is 2.58. The Hall–Kier alpha value is -0.390. The molecule has 0 spiro atoms. The van der Waals surface area contributed by atoms with E-state index in [1.54, 1.807) is 11.3 Å². The molecule has 0 saturated carbocycles. The number of aromatic nitrogens is 1. The van der Waals surface area contributed by atoms with E-state index < -0.39 is 0 Å². The number of nitrogens with zero attached hydrogens (tertiary/aromatic N) is 1. The third kappa shape index (κ3) is 4.04. The van der Waals surface area contributed by atoms with Crippen molar-refractivity contribution in [1.82, 2.24) is 4.98 Å². The monoisotopic (exact) mass is 402 g/mol. The van der Waals surface area contributed by atoms with E-state index in [0.717, 1.165) is 26.9 Å². The van der Waals surface area contributed by atoms with Crippen LogP contribution in [0.15, 0.2) is 32.5 Å².